The minimum atomic E-state index is -4.54. The van der Waals surface area contributed by atoms with Gasteiger partial charge in [-0.15, -0.1) is 0 Å². The third-order valence-electron chi connectivity index (χ3n) is 7.67. The first-order valence-corrected chi connectivity index (χ1v) is 12.8. The number of carbonyl (C=O) groups is 1. The normalized spacial score (nSPS) is 19.5. The molecular formula is C27H28F3N7O2. The van der Waals surface area contributed by atoms with Gasteiger partial charge >= 0.3 is 6.18 Å². The minimum absolute atomic E-state index is 0.0138. The highest BCUT2D eigenvalue weighted by molar-refractivity contribution is 6.00. The monoisotopic (exact) mass is 539 g/mol. The molecule has 9 nitrogen and oxygen atoms in total. The number of fused-ring (bicyclic) bond motifs is 2. The minimum Gasteiger partial charge on any atom is -0.486 e. The third-order valence-corrected chi connectivity index (χ3v) is 7.67. The van der Waals surface area contributed by atoms with E-state index < -0.39 is 11.9 Å². The van der Waals surface area contributed by atoms with Gasteiger partial charge in [-0.2, -0.15) is 23.4 Å². The summed E-state index contributed by atoms with van der Waals surface area (Å²) < 4.78 is 49.0. The van der Waals surface area contributed by atoms with E-state index in [2.05, 4.69) is 15.4 Å². The van der Waals surface area contributed by atoms with E-state index in [-0.39, 0.29) is 23.8 Å². The molecule has 2 aliphatic rings. The fourth-order valence-electron chi connectivity index (χ4n) is 5.69. The van der Waals surface area contributed by atoms with Crippen LogP contribution >= 0.6 is 0 Å². The lowest BCUT2D eigenvalue weighted by atomic mass is 9.93. The van der Waals surface area contributed by atoms with E-state index in [1.54, 1.807) is 25.2 Å². The summed E-state index contributed by atoms with van der Waals surface area (Å²) in [6.45, 7) is 0.555. The van der Waals surface area contributed by atoms with E-state index >= 15 is 0 Å². The topological polar surface area (TPSA) is 90.1 Å². The number of halogens is 3. The number of amides is 1. The molecule has 4 aromatic rings. The maximum Gasteiger partial charge on any atom is 0.436 e. The molecule has 3 aromatic heterocycles. The first kappa shape index (κ1) is 25.2. The summed E-state index contributed by atoms with van der Waals surface area (Å²) >= 11 is 0. The summed E-state index contributed by atoms with van der Waals surface area (Å²) in [4.78, 5) is 18.6. The van der Waals surface area contributed by atoms with Gasteiger partial charge in [-0.25, -0.2) is 4.98 Å². The van der Waals surface area contributed by atoms with Crippen molar-refractivity contribution in [2.45, 2.75) is 50.6 Å². The van der Waals surface area contributed by atoms with Gasteiger partial charge in [-0.1, -0.05) is 6.07 Å². The molecule has 204 valence electrons. The van der Waals surface area contributed by atoms with Gasteiger partial charge in [0.05, 0.1) is 23.9 Å². The van der Waals surface area contributed by atoms with Gasteiger partial charge < -0.3 is 15.0 Å². The predicted molar refractivity (Wildman–Crippen MR) is 138 cm³/mol. The molecule has 1 saturated carbocycles. The summed E-state index contributed by atoms with van der Waals surface area (Å²) in [5, 5.41) is 12.8. The van der Waals surface area contributed by atoms with Gasteiger partial charge in [0.25, 0.3) is 5.91 Å². The van der Waals surface area contributed by atoms with Crippen molar-refractivity contribution in [3.63, 3.8) is 0 Å². The zero-order valence-electron chi connectivity index (χ0n) is 21.8. The summed E-state index contributed by atoms with van der Waals surface area (Å²) in [6, 6.07) is 7.81. The average Bonchev–Trinajstić information content (AvgIpc) is 3.56. The van der Waals surface area contributed by atoms with Crippen LogP contribution < -0.4 is 10.1 Å². The Labute approximate surface area is 222 Å². The lowest BCUT2D eigenvalue weighted by Gasteiger charge is -2.29. The van der Waals surface area contributed by atoms with Crippen molar-refractivity contribution >= 4 is 22.6 Å². The number of hydrogen-bond donors (Lipinski definition) is 1. The molecule has 1 aliphatic heterocycles. The molecule has 1 aromatic carbocycles. The molecule has 1 N–H and O–H groups in total. The Morgan fingerprint density at radius 1 is 1.08 bits per heavy atom. The van der Waals surface area contributed by atoms with Crippen LogP contribution in [0.5, 0.6) is 5.75 Å². The quantitative estimate of drug-likeness (QED) is 0.382. The van der Waals surface area contributed by atoms with Crippen molar-refractivity contribution in [1.29, 1.82) is 0 Å². The number of ether oxygens (including phenoxy) is 1. The van der Waals surface area contributed by atoms with Crippen LogP contribution in [0.2, 0.25) is 0 Å². The Kier molecular flexibility index (Phi) is 6.00. The summed E-state index contributed by atoms with van der Waals surface area (Å²) in [5.41, 5.74) is 3.42. The zero-order chi connectivity index (χ0) is 27.5. The Balaban J connectivity index is 1.28. The number of nitrogens with one attached hydrogen (secondary N) is 1. The molecule has 0 unspecified atom stereocenters. The van der Waals surface area contributed by atoms with Crippen LogP contribution in [0.3, 0.4) is 0 Å². The average molecular weight is 540 g/mol. The molecule has 0 atom stereocenters. The smallest absolute Gasteiger partial charge is 0.436 e. The van der Waals surface area contributed by atoms with Crippen LogP contribution in [-0.2, 0) is 19.8 Å². The van der Waals surface area contributed by atoms with E-state index in [0.29, 0.717) is 43.6 Å². The fourth-order valence-corrected chi connectivity index (χ4v) is 5.69. The molecule has 6 rings (SSSR count). The van der Waals surface area contributed by atoms with Crippen LogP contribution in [0.15, 0.2) is 36.7 Å². The van der Waals surface area contributed by atoms with E-state index in [4.69, 9.17) is 9.84 Å². The van der Waals surface area contributed by atoms with Crippen LogP contribution in [-0.4, -0.2) is 55.6 Å². The molecule has 1 aliphatic carbocycles. The van der Waals surface area contributed by atoms with Crippen molar-refractivity contribution < 1.29 is 22.7 Å². The molecule has 1 fully saturated rings. The van der Waals surface area contributed by atoms with Gasteiger partial charge in [0, 0.05) is 56.5 Å². The van der Waals surface area contributed by atoms with Crippen molar-refractivity contribution in [2.24, 2.45) is 7.05 Å². The molecule has 0 spiro atoms. The Hall–Kier alpha value is -4.09. The van der Waals surface area contributed by atoms with Crippen molar-refractivity contribution in [3.05, 3.63) is 53.5 Å². The van der Waals surface area contributed by atoms with Crippen LogP contribution in [0.25, 0.3) is 22.2 Å². The number of pyridine rings is 1. The molecule has 4 heterocycles. The largest absolute Gasteiger partial charge is 0.486 e. The third kappa shape index (κ3) is 4.37. The SMILES string of the molecule is CNc1cc2c(cn1)c(-c1ccc3c(c1)CN(C)C3=O)nn2[C@H]1CC[C@@H](Oc2cnn(C)c2C(F)(F)F)CC1. The Morgan fingerprint density at radius 2 is 1.85 bits per heavy atom. The second-order valence-electron chi connectivity index (χ2n) is 10.2. The number of rotatable bonds is 5. The van der Waals surface area contributed by atoms with E-state index in [0.717, 1.165) is 38.6 Å². The second-order valence-corrected chi connectivity index (χ2v) is 10.2. The van der Waals surface area contributed by atoms with Crippen LogP contribution in [0, 0.1) is 0 Å². The standard InChI is InChI=1S/C27H28F3N7O2/c1-31-23-11-21-20(12-32-23)24(15-4-9-19-16(10-15)14-35(2)26(19)38)34-37(21)17-5-7-18(8-6-17)39-22-13-33-36(3)25(22)27(28,29)30/h4,9-13,17-18H,5-8,14H2,1-3H3,(H,31,32)/t17-,18+. The fraction of sp³-hybridized carbons (Fsp3) is 0.407. The van der Waals surface area contributed by atoms with Gasteiger partial charge in [0.2, 0.25) is 0 Å². The second kappa shape index (κ2) is 9.28. The maximum absolute atomic E-state index is 13.5. The lowest BCUT2D eigenvalue weighted by Crippen LogP contribution is -2.27. The highest BCUT2D eigenvalue weighted by Crippen LogP contribution is 2.40. The first-order valence-electron chi connectivity index (χ1n) is 12.8. The van der Waals surface area contributed by atoms with Crippen LogP contribution in [0.4, 0.5) is 19.0 Å². The summed E-state index contributed by atoms with van der Waals surface area (Å²) in [6.07, 6.45) is 0.633. The molecular weight excluding hydrogens is 511 g/mol. The number of anilines is 1. The number of hydrogen-bond acceptors (Lipinski definition) is 6. The Bertz CT molecular complexity index is 1570. The lowest BCUT2D eigenvalue weighted by molar-refractivity contribution is -0.145. The van der Waals surface area contributed by atoms with Gasteiger partial charge in [0.1, 0.15) is 11.5 Å². The van der Waals surface area contributed by atoms with Gasteiger partial charge in [-0.05, 0) is 43.4 Å². The maximum atomic E-state index is 13.5. The number of alkyl halides is 3. The predicted octanol–water partition coefficient (Wildman–Crippen LogP) is 5.04. The highest BCUT2D eigenvalue weighted by atomic mass is 19.4. The van der Waals surface area contributed by atoms with Crippen molar-refractivity contribution in [1.82, 2.24) is 29.4 Å². The molecule has 0 saturated heterocycles. The molecule has 0 bridgehead atoms. The number of nitrogens with zero attached hydrogens (tertiary/aromatic N) is 6. The zero-order valence-corrected chi connectivity index (χ0v) is 21.8. The number of aromatic nitrogens is 5. The number of carbonyl (C=O) groups excluding carboxylic acids is 1. The molecule has 0 radical (unpaired) electrons. The van der Waals surface area contributed by atoms with Crippen molar-refractivity contribution in [2.75, 3.05) is 19.4 Å². The summed E-state index contributed by atoms with van der Waals surface area (Å²) in [5.74, 6) is 0.496. The number of aryl methyl sites for hydroxylation is 1. The van der Waals surface area contributed by atoms with Gasteiger partial charge in [0.15, 0.2) is 11.4 Å². The van der Waals surface area contributed by atoms with Crippen molar-refractivity contribution in [3.8, 4) is 17.0 Å². The Morgan fingerprint density at radius 3 is 2.56 bits per heavy atom. The summed E-state index contributed by atoms with van der Waals surface area (Å²) in [7, 11) is 4.85. The van der Waals surface area contributed by atoms with E-state index in [1.807, 2.05) is 28.9 Å². The van der Waals surface area contributed by atoms with Gasteiger partial charge in [-0.3, -0.25) is 14.2 Å². The molecule has 1 amide bonds. The first-order chi connectivity index (χ1) is 18.6. The molecule has 39 heavy (non-hydrogen) atoms. The highest BCUT2D eigenvalue weighted by Gasteiger charge is 2.39. The number of benzene rings is 1. The molecule has 12 heteroatoms. The van der Waals surface area contributed by atoms with E-state index in [1.165, 1.54) is 7.05 Å². The van der Waals surface area contributed by atoms with Crippen LogP contribution in [0.1, 0.15) is 53.3 Å². The van der Waals surface area contributed by atoms with E-state index in [9.17, 15) is 18.0 Å².